The van der Waals surface area contributed by atoms with E-state index in [1.807, 2.05) is 18.2 Å². The van der Waals surface area contributed by atoms with Crippen LogP contribution in [0.4, 0.5) is 14.5 Å². The van der Waals surface area contributed by atoms with Gasteiger partial charge >= 0.3 is 6.61 Å². The van der Waals surface area contributed by atoms with Gasteiger partial charge in [-0.15, -0.1) is 0 Å². The fourth-order valence-corrected chi connectivity index (χ4v) is 3.06. The van der Waals surface area contributed by atoms with Crippen molar-refractivity contribution in [2.24, 2.45) is 5.92 Å². The lowest BCUT2D eigenvalue weighted by molar-refractivity contribution is -0.0501. The number of para-hydroxylation sites is 2. The number of ether oxygens (including phenoxy) is 1. The Hall–Kier alpha value is -2.63. The number of hydrogen-bond donors (Lipinski definition) is 1. The number of hydrogen-bond acceptors (Lipinski definition) is 3. The maximum atomic E-state index is 12.4. The van der Waals surface area contributed by atoms with E-state index in [1.54, 1.807) is 12.1 Å². The van der Waals surface area contributed by atoms with Crippen molar-refractivity contribution in [2.75, 3.05) is 24.5 Å². The molecule has 0 radical (unpaired) electrons. The zero-order valence-corrected chi connectivity index (χ0v) is 13.7. The minimum Gasteiger partial charge on any atom is -0.434 e. The molecular formula is C19H20F2N2O2. The van der Waals surface area contributed by atoms with Crippen LogP contribution in [0.3, 0.4) is 0 Å². The summed E-state index contributed by atoms with van der Waals surface area (Å²) in [5.41, 5.74) is 1.30. The number of nitrogens with zero attached hydrogens (tertiary/aromatic N) is 1. The van der Waals surface area contributed by atoms with Crippen molar-refractivity contribution < 1.29 is 18.3 Å². The largest absolute Gasteiger partial charge is 0.434 e. The monoisotopic (exact) mass is 346 g/mol. The molecule has 25 heavy (non-hydrogen) atoms. The molecule has 0 spiro atoms. The molecule has 0 saturated carbocycles. The van der Waals surface area contributed by atoms with Crippen molar-refractivity contribution in [1.82, 2.24) is 5.32 Å². The third-order valence-corrected chi connectivity index (χ3v) is 4.31. The molecule has 0 aliphatic carbocycles. The van der Waals surface area contributed by atoms with Crippen LogP contribution in [0.15, 0.2) is 54.6 Å². The van der Waals surface area contributed by atoms with Gasteiger partial charge in [-0.05, 0) is 36.6 Å². The second kappa shape index (κ2) is 7.96. The third kappa shape index (κ3) is 4.47. The number of benzene rings is 2. The summed E-state index contributed by atoms with van der Waals surface area (Å²) in [5, 5.41) is 2.84. The Morgan fingerprint density at radius 1 is 1.16 bits per heavy atom. The minimum atomic E-state index is -2.96. The summed E-state index contributed by atoms with van der Waals surface area (Å²) >= 11 is 0. The first-order valence-corrected chi connectivity index (χ1v) is 8.25. The van der Waals surface area contributed by atoms with Crippen LogP contribution in [0.25, 0.3) is 0 Å². The Morgan fingerprint density at radius 3 is 2.64 bits per heavy atom. The second-order valence-corrected chi connectivity index (χ2v) is 6.02. The van der Waals surface area contributed by atoms with E-state index in [4.69, 9.17) is 0 Å². The maximum absolute atomic E-state index is 12.4. The zero-order chi connectivity index (χ0) is 17.6. The molecule has 0 bridgehead atoms. The van der Waals surface area contributed by atoms with Crippen LogP contribution in [0.5, 0.6) is 5.75 Å². The van der Waals surface area contributed by atoms with Crippen LogP contribution in [0, 0.1) is 5.92 Å². The van der Waals surface area contributed by atoms with E-state index >= 15 is 0 Å². The summed E-state index contributed by atoms with van der Waals surface area (Å²) < 4.78 is 29.3. The standard InChI is InChI=1S/C19H20F2N2O2/c20-19(21)25-17-9-5-4-8-16(17)18(24)22-12-14-10-11-23(13-14)15-6-2-1-3-7-15/h1-9,14,19H,10-13H2,(H,22,24). The fourth-order valence-electron chi connectivity index (χ4n) is 3.06. The lowest BCUT2D eigenvalue weighted by atomic mass is 10.1. The number of nitrogens with one attached hydrogen (secondary N) is 1. The lowest BCUT2D eigenvalue weighted by Crippen LogP contribution is -2.31. The van der Waals surface area contributed by atoms with Gasteiger partial charge in [-0.2, -0.15) is 8.78 Å². The number of carbonyl (C=O) groups excluding carboxylic acids is 1. The van der Waals surface area contributed by atoms with Gasteiger partial charge < -0.3 is 15.0 Å². The molecule has 3 rings (SSSR count). The van der Waals surface area contributed by atoms with Crippen molar-refractivity contribution >= 4 is 11.6 Å². The lowest BCUT2D eigenvalue weighted by Gasteiger charge is -2.19. The van der Waals surface area contributed by atoms with Gasteiger partial charge in [0, 0.05) is 25.3 Å². The van der Waals surface area contributed by atoms with Crippen molar-refractivity contribution in [3.05, 3.63) is 60.2 Å². The highest BCUT2D eigenvalue weighted by molar-refractivity contribution is 5.96. The third-order valence-electron chi connectivity index (χ3n) is 4.31. The molecule has 1 atom stereocenters. The zero-order valence-electron chi connectivity index (χ0n) is 13.7. The van der Waals surface area contributed by atoms with E-state index < -0.39 is 12.5 Å². The Labute approximate surface area is 145 Å². The highest BCUT2D eigenvalue weighted by atomic mass is 19.3. The van der Waals surface area contributed by atoms with Crippen molar-refractivity contribution in [3.63, 3.8) is 0 Å². The number of anilines is 1. The van der Waals surface area contributed by atoms with E-state index in [-0.39, 0.29) is 11.3 Å². The molecule has 1 fully saturated rings. The molecule has 4 nitrogen and oxygen atoms in total. The molecule has 0 aromatic heterocycles. The Kier molecular flexibility index (Phi) is 5.48. The Morgan fingerprint density at radius 2 is 1.88 bits per heavy atom. The number of halogens is 2. The maximum Gasteiger partial charge on any atom is 0.387 e. The quantitative estimate of drug-likeness (QED) is 0.870. The van der Waals surface area contributed by atoms with Crippen molar-refractivity contribution in [2.45, 2.75) is 13.0 Å². The predicted octanol–water partition coefficient (Wildman–Crippen LogP) is 3.54. The van der Waals surface area contributed by atoms with Gasteiger partial charge in [0.1, 0.15) is 5.75 Å². The summed E-state index contributed by atoms with van der Waals surface area (Å²) in [7, 11) is 0. The first-order chi connectivity index (χ1) is 12.1. The average Bonchev–Trinajstić information content (AvgIpc) is 3.09. The van der Waals surface area contributed by atoms with Crippen LogP contribution in [0.2, 0.25) is 0 Å². The average molecular weight is 346 g/mol. The molecule has 1 amide bonds. The summed E-state index contributed by atoms with van der Waals surface area (Å²) in [4.78, 5) is 14.6. The van der Waals surface area contributed by atoms with Crippen LogP contribution >= 0.6 is 0 Å². The highest BCUT2D eigenvalue weighted by Crippen LogP contribution is 2.24. The number of alkyl halides is 2. The Bertz CT molecular complexity index is 710. The van der Waals surface area contributed by atoms with Gasteiger partial charge in [0.25, 0.3) is 5.91 Å². The van der Waals surface area contributed by atoms with Gasteiger partial charge in [-0.1, -0.05) is 30.3 Å². The first kappa shape index (κ1) is 17.2. The van der Waals surface area contributed by atoms with E-state index in [2.05, 4.69) is 27.1 Å². The van der Waals surface area contributed by atoms with Gasteiger partial charge in [-0.3, -0.25) is 4.79 Å². The van der Waals surface area contributed by atoms with E-state index in [9.17, 15) is 13.6 Å². The van der Waals surface area contributed by atoms with Crippen LogP contribution in [-0.4, -0.2) is 32.2 Å². The Balaban J connectivity index is 1.55. The van der Waals surface area contributed by atoms with Gasteiger partial charge in [0.15, 0.2) is 0 Å². The minimum absolute atomic E-state index is 0.104. The molecule has 1 aliphatic heterocycles. The molecule has 1 saturated heterocycles. The van der Waals surface area contributed by atoms with Gasteiger partial charge in [0.05, 0.1) is 5.56 Å². The number of rotatable bonds is 6. The molecule has 1 heterocycles. The van der Waals surface area contributed by atoms with Crippen LogP contribution in [0.1, 0.15) is 16.8 Å². The van der Waals surface area contributed by atoms with Crippen molar-refractivity contribution in [1.29, 1.82) is 0 Å². The summed E-state index contributed by atoms with van der Waals surface area (Å²) in [6.45, 7) is -0.650. The molecule has 1 N–H and O–H groups in total. The molecule has 6 heteroatoms. The van der Waals surface area contributed by atoms with Crippen LogP contribution < -0.4 is 15.0 Å². The molecule has 132 valence electrons. The molecule has 1 unspecified atom stereocenters. The number of amides is 1. The SMILES string of the molecule is O=C(NCC1CCN(c2ccccc2)C1)c1ccccc1OC(F)F. The smallest absolute Gasteiger partial charge is 0.387 e. The fraction of sp³-hybridized carbons (Fsp3) is 0.316. The van der Waals surface area contributed by atoms with E-state index in [1.165, 1.54) is 17.8 Å². The van der Waals surface area contributed by atoms with Gasteiger partial charge in [-0.25, -0.2) is 0 Å². The molecule has 2 aromatic rings. The normalized spacial score (nSPS) is 16.9. The molecule has 1 aliphatic rings. The topological polar surface area (TPSA) is 41.6 Å². The summed E-state index contributed by atoms with van der Waals surface area (Å²) in [5.74, 6) is -0.172. The van der Waals surface area contributed by atoms with Crippen LogP contribution in [-0.2, 0) is 0 Å². The summed E-state index contributed by atoms with van der Waals surface area (Å²) in [6, 6.07) is 16.2. The second-order valence-electron chi connectivity index (χ2n) is 6.02. The van der Waals surface area contributed by atoms with Gasteiger partial charge in [0.2, 0.25) is 0 Å². The number of carbonyl (C=O) groups is 1. The molecular weight excluding hydrogens is 326 g/mol. The van der Waals surface area contributed by atoms with Crippen molar-refractivity contribution in [3.8, 4) is 5.75 Å². The first-order valence-electron chi connectivity index (χ1n) is 8.25. The van der Waals surface area contributed by atoms with E-state index in [0.29, 0.717) is 12.5 Å². The van der Waals surface area contributed by atoms with E-state index in [0.717, 1.165) is 19.5 Å². The summed E-state index contributed by atoms with van der Waals surface area (Å²) in [6.07, 6.45) is 0.977. The molecule has 2 aromatic carbocycles. The highest BCUT2D eigenvalue weighted by Gasteiger charge is 2.24. The predicted molar refractivity (Wildman–Crippen MR) is 92.2 cm³/mol.